The highest BCUT2D eigenvalue weighted by molar-refractivity contribution is 5.35. The molecule has 2 rings (SSSR count). The molecule has 3 nitrogen and oxygen atoms in total. The van der Waals surface area contributed by atoms with Gasteiger partial charge in [-0.15, -0.1) is 0 Å². The molecular weight excluding hydrogens is 276 g/mol. The molecule has 0 aliphatic heterocycles. The van der Waals surface area contributed by atoms with E-state index in [0.717, 1.165) is 23.7 Å². The third kappa shape index (κ3) is 4.99. The summed E-state index contributed by atoms with van der Waals surface area (Å²) >= 11 is 0. The van der Waals surface area contributed by atoms with Crippen LogP contribution in [0.3, 0.4) is 0 Å². The number of rotatable bonds is 8. The highest BCUT2D eigenvalue weighted by Gasteiger charge is 2.00. The van der Waals surface area contributed by atoms with Crippen molar-refractivity contribution in [2.75, 3.05) is 19.8 Å². The Morgan fingerprint density at radius 1 is 0.818 bits per heavy atom. The Labute approximate surface area is 132 Å². The van der Waals surface area contributed by atoms with E-state index in [1.807, 2.05) is 37.3 Å². The van der Waals surface area contributed by atoms with E-state index < -0.39 is 0 Å². The fraction of sp³-hybridized carbons (Fsp3) is 0.368. The molecule has 0 saturated carbocycles. The molecule has 0 aliphatic carbocycles. The third-order valence-electron chi connectivity index (χ3n) is 3.26. The molecular formula is C19H24O3. The number of benzene rings is 2. The lowest BCUT2D eigenvalue weighted by molar-refractivity contribution is 0.245. The monoisotopic (exact) mass is 300 g/mol. The van der Waals surface area contributed by atoms with Gasteiger partial charge in [0.2, 0.25) is 0 Å². The van der Waals surface area contributed by atoms with Gasteiger partial charge in [-0.1, -0.05) is 23.8 Å². The number of hydrogen-bond acceptors (Lipinski definition) is 3. The van der Waals surface area contributed by atoms with Gasteiger partial charge in [-0.3, -0.25) is 0 Å². The van der Waals surface area contributed by atoms with Gasteiger partial charge in [-0.25, -0.2) is 0 Å². The molecule has 0 N–H and O–H groups in total. The van der Waals surface area contributed by atoms with Crippen LogP contribution in [0, 0.1) is 13.8 Å². The molecule has 118 valence electrons. The van der Waals surface area contributed by atoms with E-state index in [0.29, 0.717) is 19.8 Å². The summed E-state index contributed by atoms with van der Waals surface area (Å²) in [5.74, 6) is 2.62. The largest absolute Gasteiger partial charge is 0.494 e. The summed E-state index contributed by atoms with van der Waals surface area (Å²) in [4.78, 5) is 0. The van der Waals surface area contributed by atoms with Gasteiger partial charge < -0.3 is 14.2 Å². The lowest BCUT2D eigenvalue weighted by Gasteiger charge is -2.11. The summed E-state index contributed by atoms with van der Waals surface area (Å²) in [5, 5.41) is 0. The van der Waals surface area contributed by atoms with Crippen LogP contribution in [0.15, 0.2) is 42.5 Å². The van der Waals surface area contributed by atoms with Crippen molar-refractivity contribution in [3.05, 3.63) is 53.6 Å². The van der Waals surface area contributed by atoms with Crippen molar-refractivity contribution >= 4 is 0 Å². The first-order chi connectivity index (χ1) is 10.7. The van der Waals surface area contributed by atoms with Gasteiger partial charge in [-0.05, 0) is 44.5 Å². The summed E-state index contributed by atoms with van der Waals surface area (Å²) in [7, 11) is 0. The Morgan fingerprint density at radius 3 is 2.27 bits per heavy atom. The molecule has 2 aromatic rings. The van der Waals surface area contributed by atoms with Crippen LogP contribution in [0.25, 0.3) is 0 Å². The molecule has 0 fully saturated rings. The molecule has 2 aromatic carbocycles. The minimum atomic E-state index is 0.625. The Morgan fingerprint density at radius 2 is 1.55 bits per heavy atom. The molecule has 0 radical (unpaired) electrons. The normalized spacial score (nSPS) is 10.3. The van der Waals surface area contributed by atoms with E-state index in [-0.39, 0.29) is 0 Å². The first-order valence-electron chi connectivity index (χ1n) is 7.74. The Kier molecular flexibility index (Phi) is 6.13. The molecule has 0 atom stereocenters. The van der Waals surface area contributed by atoms with Crippen LogP contribution in [0.5, 0.6) is 17.2 Å². The fourth-order valence-electron chi connectivity index (χ4n) is 2.21. The first kappa shape index (κ1) is 16.2. The zero-order chi connectivity index (χ0) is 15.8. The quantitative estimate of drug-likeness (QED) is 0.669. The molecule has 0 bridgehead atoms. The second-order valence-corrected chi connectivity index (χ2v) is 5.23. The van der Waals surface area contributed by atoms with E-state index >= 15 is 0 Å². The van der Waals surface area contributed by atoms with Gasteiger partial charge in [0, 0.05) is 12.5 Å². The minimum Gasteiger partial charge on any atom is -0.494 e. The van der Waals surface area contributed by atoms with Crippen LogP contribution in [0.1, 0.15) is 24.5 Å². The van der Waals surface area contributed by atoms with Crippen LogP contribution in [0.4, 0.5) is 0 Å². The van der Waals surface area contributed by atoms with Crippen molar-refractivity contribution in [3.63, 3.8) is 0 Å². The zero-order valence-corrected chi connectivity index (χ0v) is 13.6. The predicted octanol–water partition coefficient (Wildman–Crippen LogP) is 4.55. The van der Waals surface area contributed by atoms with Crippen molar-refractivity contribution in [1.29, 1.82) is 0 Å². The summed E-state index contributed by atoms with van der Waals surface area (Å²) in [6, 6.07) is 13.9. The van der Waals surface area contributed by atoms with Crippen molar-refractivity contribution < 1.29 is 14.2 Å². The second-order valence-electron chi connectivity index (χ2n) is 5.23. The summed E-state index contributed by atoms with van der Waals surface area (Å²) in [6.07, 6.45) is 0.839. The topological polar surface area (TPSA) is 27.7 Å². The van der Waals surface area contributed by atoms with E-state index in [2.05, 4.69) is 26.0 Å². The summed E-state index contributed by atoms with van der Waals surface area (Å²) in [6.45, 7) is 8.06. The minimum absolute atomic E-state index is 0.625. The molecule has 0 amide bonds. The van der Waals surface area contributed by atoms with E-state index in [1.54, 1.807) is 0 Å². The number of aryl methyl sites for hydroxylation is 2. The summed E-state index contributed by atoms with van der Waals surface area (Å²) < 4.78 is 17.0. The van der Waals surface area contributed by atoms with Gasteiger partial charge in [-0.2, -0.15) is 0 Å². The van der Waals surface area contributed by atoms with Crippen molar-refractivity contribution in [3.8, 4) is 17.2 Å². The summed E-state index contributed by atoms with van der Waals surface area (Å²) in [5.41, 5.74) is 2.42. The Hall–Kier alpha value is -2.16. The molecule has 3 heteroatoms. The van der Waals surface area contributed by atoms with Crippen molar-refractivity contribution in [2.45, 2.75) is 27.2 Å². The third-order valence-corrected chi connectivity index (χ3v) is 3.26. The average molecular weight is 300 g/mol. The molecule has 22 heavy (non-hydrogen) atoms. The van der Waals surface area contributed by atoms with Crippen LogP contribution in [0.2, 0.25) is 0 Å². The standard InChI is InChI=1S/C19H24O3/c1-4-20-17-7-5-8-18(14-17)21-11-6-12-22-19-10-9-15(2)13-16(19)3/h5,7-10,13-14H,4,6,11-12H2,1-3H3. The maximum atomic E-state index is 5.79. The molecule has 0 aliphatic rings. The van der Waals surface area contributed by atoms with Crippen molar-refractivity contribution in [1.82, 2.24) is 0 Å². The Bertz CT molecular complexity index is 593. The predicted molar refractivity (Wildman–Crippen MR) is 89.1 cm³/mol. The molecule has 0 aromatic heterocycles. The molecule has 0 heterocycles. The van der Waals surface area contributed by atoms with E-state index in [1.165, 1.54) is 11.1 Å². The van der Waals surface area contributed by atoms with E-state index in [4.69, 9.17) is 14.2 Å². The molecule has 0 spiro atoms. The second kappa shape index (κ2) is 8.32. The lowest BCUT2D eigenvalue weighted by Crippen LogP contribution is -2.05. The fourth-order valence-corrected chi connectivity index (χ4v) is 2.21. The average Bonchev–Trinajstić information content (AvgIpc) is 2.50. The highest BCUT2D eigenvalue weighted by atomic mass is 16.5. The van der Waals surface area contributed by atoms with Crippen LogP contribution in [-0.4, -0.2) is 19.8 Å². The van der Waals surface area contributed by atoms with Crippen LogP contribution < -0.4 is 14.2 Å². The highest BCUT2D eigenvalue weighted by Crippen LogP contribution is 2.20. The van der Waals surface area contributed by atoms with Crippen molar-refractivity contribution in [2.24, 2.45) is 0 Å². The number of ether oxygens (including phenoxy) is 3. The maximum Gasteiger partial charge on any atom is 0.122 e. The first-order valence-corrected chi connectivity index (χ1v) is 7.74. The SMILES string of the molecule is CCOc1cccc(OCCCOc2ccc(C)cc2C)c1. The van der Waals surface area contributed by atoms with Gasteiger partial charge in [0.15, 0.2) is 0 Å². The lowest BCUT2D eigenvalue weighted by atomic mass is 10.1. The van der Waals surface area contributed by atoms with Gasteiger partial charge in [0.05, 0.1) is 19.8 Å². The van der Waals surface area contributed by atoms with Gasteiger partial charge in [0.1, 0.15) is 17.2 Å². The van der Waals surface area contributed by atoms with Crippen LogP contribution in [-0.2, 0) is 0 Å². The van der Waals surface area contributed by atoms with Gasteiger partial charge >= 0.3 is 0 Å². The van der Waals surface area contributed by atoms with Gasteiger partial charge in [0.25, 0.3) is 0 Å². The Balaban J connectivity index is 1.72. The smallest absolute Gasteiger partial charge is 0.122 e. The van der Waals surface area contributed by atoms with E-state index in [9.17, 15) is 0 Å². The number of hydrogen-bond donors (Lipinski definition) is 0. The van der Waals surface area contributed by atoms with Crippen LogP contribution >= 0.6 is 0 Å². The zero-order valence-electron chi connectivity index (χ0n) is 13.6. The maximum absolute atomic E-state index is 5.79. The molecule has 0 saturated heterocycles. The molecule has 0 unspecified atom stereocenters.